The summed E-state index contributed by atoms with van der Waals surface area (Å²) in [6.07, 6.45) is 1.08. The van der Waals surface area contributed by atoms with Crippen molar-refractivity contribution in [1.82, 2.24) is 14.7 Å². The molecule has 8 heteroatoms. The van der Waals surface area contributed by atoms with Crippen LogP contribution in [-0.4, -0.2) is 90.6 Å². The molecule has 2 unspecified atom stereocenters. The topological polar surface area (TPSA) is 107 Å². The summed E-state index contributed by atoms with van der Waals surface area (Å²) in [7, 11) is 5.95. The van der Waals surface area contributed by atoms with Crippen molar-refractivity contribution >= 4 is 23.2 Å². The maximum absolute atomic E-state index is 14.4. The lowest BCUT2D eigenvalue weighted by molar-refractivity contribution is -0.133. The molecule has 3 aliphatic carbocycles. The molecule has 8 nitrogen and oxygen atoms in total. The summed E-state index contributed by atoms with van der Waals surface area (Å²) >= 11 is 0. The highest BCUT2D eigenvalue weighted by atomic mass is 16.3. The number of aliphatic hydroxyl groups is 1. The molecule has 3 N–H and O–H groups in total. The third kappa shape index (κ3) is 4.69. The Bertz CT molecular complexity index is 1710. The summed E-state index contributed by atoms with van der Waals surface area (Å²) in [4.78, 5) is 47.5. The third-order valence-corrected chi connectivity index (χ3v) is 11.0. The maximum atomic E-state index is 14.4. The predicted octanol–water partition coefficient (Wildman–Crippen LogP) is 4.39. The van der Waals surface area contributed by atoms with E-state index in [1.165, 1.54) is 0 Å². The number of primary amides is 1. The van der Waals surface area contributed by atoms with Crippen LogP contribution in [0.4, 0.5) is 0 Å². The highest BCUT2D eigenvalue weighted by Gasteiger charge is 2.60. The number of hydrogen-bond acceptors (Lipinski definition) is 7. The van der Waals surface area contributed by atoms with E-state index in [2.05, 4.69) is 47.7 Å². The lowest BCUT2D eigenvalue weighted by Gasteiger charge is -2.52. The van der Waals surface area contributed by atoms with Crippen molar-refractivity contribution < 1.29 is 19.5 Å². The van der Waals surface area contributed by atoms with Crippen LogP contribution in [0.2, 0.25) is 0 Å². The number of nitrogens with two attached hydrogens (primary N) is 1. The van der Waals surface area contributed by atoms with Crippen molar-refractivity contribution in [3.8, 4) is 11.1 Å². The molecular weight excluding hydrogens is 564 g/mol. The Labute approximate surface area is 265 Å². The van der Waals surface area contributed by atoms with Gasteiger partial charge in [0, 0.05) is 49.1 Å². The number of aliphatic hydroxyl groups excluding tert-OH is 1. The third-order valence-electron chi connectivity index (χ3n) is 11.0. The van der Waals surface area contributed by atoms with Gasteiger partial charge in [-0.15, -0.1) is 0 Å². The zero-order valence-electron chi connectivity index (χ0n) is 27.2. The molecule has 0 radical (unpaired) electrons. The Morgan fingerprint density at radius 3 is 2.42 bits per heavy atom. The maximum Gasteiger partial charge on any atom is 0.252 e. The average Bonchev–Trinajstić information content (AvgIpc) is 2.99. The second-order valence-electron chi connectivity index (χ2n) is 13.8. The Kier molecular flexibility index (Phi) is 7.65. The van der Waals surface area contributed by atoms with E-state index in [4.69, 9.17) is 5.73 Å². The first kappa shape index (κ1) is 31.0. The number of ketones is 2. The van der Waals surface area contributed by atoms with Crippen molar-refractivity contribution in [2.75, 3.05) is 47.3 Å². The van der Waals surface area contributed by atoms with Crippen LogP contribution in [-0.2, 0) is 16.0 Å². The number of rotatable bonds is 5. The van der Waals surface area contributed by atoms with E-state index in [1.54, 1.807) is 13.8 Å². The van der Waals surface area contributed by atoms with Gasteiger partial charge in [-0.25, -0.2) is 0 Å². The smallest absolute Gasteiger partial charge is 0.252 e. The monoisotopic (exact) mass is 608 g/mol. The molecule has 2 aromatic carbocycles. The van der Waals surface area contributed by atoms with E-state index in [0.29, 0.717) is 29.6 Å². The first-order valence-electron chi connectivity index (χ1n) is 15.8. The molecule has 0 spiro atoms. The quantitative estimate of drug-likeness (QED) is 0.485. The molecule has 4 aliphatic rings. The minimum atomic E-state index is -1.43. The molecule has 1 aliphatic heterocycles. The van der Waals surface area contributed by atoms with Crippen molar-refractivity contribution in [3.05, 3.63) is 87.7 Å². The highest BCUT2D eigenvalue weighted by Crippen LogP contribution is 2.56. The van der Waals surface area contributed by atoms with Gasteiger partial charge in [-0.1, -0.05) is 36.9 Å². The zero-order valence-corrected chi connectivity index (χ0v) is 27.2. The second-order valence-corrected chi connectivity index (χ2v) is 13.8. The van der Waals surface area contributed by atoms with Crippen molar-refractivity contribution in [2.24, 2.45) is 23.0 Å². The van der Waals surface area contributed by atoms with Gasteiger partial charge >= 0.3 is 0 Å². The first-order chi connectivity index (χ1) is 21.3. The summed E-state index contributed by atoms with van der Waals surface area (Å²) in [5, 5.41) is 12.0. The van der Waals surface area contributed by atoms with Crippen LogP contribution < -0.4 is 5.73 Å². The fraction of sp³-hybridized carbons (Fsp3) is 0.432. The number of carbonyl (C=O) groups excluding carboxylic acids is 3. The first-order valence-corrected chi connectivity index (χ1v) is 15.8. The molecule has 0 saturated carbocycles. The normalized spacial score (nSPS) is 27.0. The van der Waals surface area contributed by atoms with Gasteiger partial charge in [-0.3, -0.25) is 14.4 Å². The van der Waals surface area contributed by atoms with Crippen LogP contribution >= 0.6 is 0 Å². The minimum absolute atomic E-state index is 0.0711. The van der Waals surface area contributed by atoms with Crippen LogP contribution in [0, 0.1) is 24.2 Å². The predicted molar refractivity (Wildman–Crippen MR) is 176 cm³/mol. The number of carbonyl (C=O) groups is 3. The second kappa shape index (κ2) is 11.1. The number of amides is 1. The van der Waals surface area contributed by atoms with E-state index in [9.17, 15) is 19.5 Å². The molecule has 0 aromatic heterocycles. The SMILES string of the molecule is C=C(c1cccc(-c2ccc(C)c3c2CC2C[C@H]4C(N(C)C)C(C)=C(C(N)=O)C(=O)[C@@]4(C)C(O)=C2C3=O)c1)N1CCN(C)CC1. The van der Waals surface area contributed by atoms with Crippen LogP contribution in [0.15, 0.2) is 65.5 Å². The average molecular weight is 609 g/mol. The van der Waals surface area contributed by atoms with Gasteiger partial charge in [0.2, 0.25) is 0 Å². The molecule has 6 rings (SSSR count). The van der Waals surface area contributed by atoms with E-state index in [1.807, 2.05) is 38.1 Å². The van der Waals surface area contributed by atoms with Crippen LogP contribution in [0.1, 0.15) is 47.3 Å². The van der Waals surface area contributed by atoms with Crippen LogP contribution in [0.3, 0.4) is 0 Å². The van der Waals surface area contributed by atoms with E-state index >= 15 is 0 Å². The van der Waals surface area contributed by atoms with Crippen molar-refractivity contribution in [2.45, 2.75) is 39.7 Å². The minimum Gasteiger partial charge on any atom is -0.511 e. The lowest BCUT2D eigenvalue weighted by Crippen LogP contribution is -2.58. The van der Waals surface area contributed by atoms with Gasteiger partial charge in [-0.05, 0) is 106 Å². The van der Waals surface area contributed by atoms with E-state index in [-0.39, 0.29) is 35.0 Å². The summed E-state index contributed by atoms with van der Waals surface area (Å²) < 4.78 is 0. The number of likely N-dealkylation sites (N-methyl/N-ethyl adjacent to an activating group) is 2. The highest BCUT2D eigenvalue weighted by molar-refractivity contribution is 6.23. The fourth-order valence-corrected chi connectivity index (χ4v) is 8.52. The number of piperazine rings is 1. The van der Waals surface area contributed by atoms with E-state index in [0.717, 1.165) is 59.7 Å². The molecule has 0 bridgehead atoms. The number of benzene rings is 2. The number of nitrogens with zero attached hydrogens (tertiary/aromatic N) is 3. The molecule has 45 heavy (non-hydrogen) atoms. The van der Waals surface area contributed by atoms with Crippen molar-refractivity contribution in [3.63, 3.8) is 0 Å². The Morgan fingerprint density at radius 1 is 1.09 bits per heavy atom. The van der Waals surface area contributed by atoms with Gasteiger partial charge in [0.15, 0.2) is 11.6 Å². The Balaban J connectivity index is 1.44. The van der Waals surface area contributed by atoms with E-state index < -0.39 is 17.1 Å². The molecule has 1 amide bonds. The van der Waals surface area contributed by atoms with Gasteiger partial charge in [0.05, 0.1) is 11.0 Å². The number of allylic oxidation sites excluding steroid dienone is 2. The zero-order chi connectivity index (χ0) is 32.5. The summed E-state index contributed by atoms with van der Waals surface area (Å²) in [5.41, 5.74) is 11.6. The van der Waals surface area contributed by atoms with Crippen LogP contribution in [0.5, 0.6) is 0 Å². The molecular formula is C37H44N4O4. The number of aryl methyl sites for hydroxylation is 1. The largest absolute Gasteiger partial charge is 0.511 e. The van der Waals surface area contributed by atoms with Gasteiger partial charge < -0.3 is 25.5 Å². The molecule has 1 fully saturated rings. The molecule has 4 atom stereocenters. The summed E-state index contributed by atoms with van der Waals surface area (Å²) in [5.74, 6) is -2.36. The lowest BCUT2D eigenvalue weighted by atomic mass is 9.53. The number of Topliss-reactive ketones (excluding diaryl/α,β-unsaturated/α-hetero) is 2. The summed E-state index contributed by atoms with van der Waals surface area (Å²) in [6.45, 7) is 13.7. The molecule has 236 valence electrons. The fourth-order valence-electron chi connectivity index (χ4n) is 8.52. The number of hydrogen-bond donors (Lipinski definition) is 2. The number of fused-ring (bicyclic) bond motifs is 3. The Hall–Kier alpha value is -4.01. The van der Waals surface area contributed by atoms with Gasteiger partial charge in [-0.2, -0.15) is 0 Å². The van der Waals surface area contributed by atoms with Gasteiger partial charge in [0.1, 0.15) is 5.76 Å². The van der Waals surface area contributed by atoms with Crippen LogP contribution in [0.25, 0.3) is 16.8 Å². The standard InChI is InChI=1S/C37H44N4O4/c1-20-11-12-26(24-10-8-9-23(17-24)22(3)41-15-13-40(7)14-16-41)27-18-25-19-28-32(39(5)6)21(2)30(36(38)45)34(43)37(28,4)35(44)31(25)33(42)29(20)27/h8-12,17,25,28,32,44H,3,13-16,18-19H2,1-2,4-7H3,(H2,38,45)/t25?,28-,32?,37-/m0/s1. The van der Waals surface area contributed by atoms with Crippen molar-refractivity contribution in [1.29, 1.82) is 0 Å². The van der Waals surface area contributed by atoms with Gasteiger partial charge in [0.25, 0.3) is 5.91 Å². The summed E-state index contributed by atoms with van der Waals surface area (Å²) in [6, 6.07) is 12.1. The molecule has 1 saturated heterocycles. The molecule has 2 aromatic rings. The Morgan fingerprint density at radius 2 is 1.78 bits per heavy atom. The molecule has 1 heterocycles.